The minimum Gasteiger partial charge on any atom is -0.493 e. The van der Waals surface area contributed by atoms with Crippen LogP contribution in [0, 0.1) is 16.0 Å². The van der Waals surface area contributed by atoms with Gasteiger partial charge < -0.3 is 4.74 Å². The molecule has 1 aromatic rings. The second-order valence-corrected chi connectivity index (χ2v) is 4.27. The Morgan fingerprint density at radius 1 is 1.53 bits per heavy atom. The largest absolute Gasteiger partial charge is 0.493 e. The molecule has 1 aromatic carbocycles. The Morgan fingerprint density at radius 3 is 2.88 bits per heavy atom. The topological polar surface area (TPSA) is 52.4 Å². The van der Waals surface area contributed by atoms with Gasteiger partial charge in [0.25, 0.3) is 5.69 Å². The predicted octanol–water partition coefficient (Wildman–Crippen LogP) is 3.32. The van der Waals surface area contributed by atoms with Crippen molar-refractivity contribution in [2.24, 2.45) is 5.92 Å². The lowest BCUT2D eigenvalue weighted by Gasteiger charge is -2.14. The molecule has 0 heterocycles. The highest BCUT2D eigenvalue weighted by Crippen LogP contribution is 2.20. The fraction of sp³-hybridized carbons (Fsp3) is 0.500. The van der Waals surface area contributed by atoms with Gasteiger partial charge in [0.15, 0.2) is 0 Å². The third-order valence-corrected chi connectivity index (χ3v) is 2.99. The molecule has 94 valence electrons. The standard InChI is InChI=1S/C12H17NO3S/c1-2-4-10(9-17)8-16-12-6-3-5-11(7-12)13(14)15/h3,5-7,10,17H,2,4,8-9H2,1H3. The molecule has 0 aromatic heterocycles. The fourth-order valence-electron chi connectivity index (χ4n) is 1.54. The number of hydrogen-bond acceptors (Lipinski definition) is 4. The normalized spacial score (nSPS) is 12.1. The Hall–Kier alpha value is -1.23. The molecule has 4 nitrogen and oxygen atoms in total. The van der Waals surface area contributed by atoms with E-state index in [0.717, 1.165) is 18.6 Å². The van der Waals surface area contributed by atoms with Crippen molar-refractivity contribution in [2.75, 3.05) is 12.4 Å². The molecule has 0 aliphatic carbocycles. The summed E-state index contributed by atoms with van der Waals surface area (Å²) in [5.74, 6) is 1.70. The van der Waals surface area contributed by atoms with Crippen LogP contribution in [-0.2, 0) is 0 Å². The Labute approximate surface area is 107 Å². The quantitative estimate of drug-likeness (QED) is 0.462. The van der Waals surface area contributed by atoms with Crippen molar-refractivity contribution in [1.82, 2.24) is 0 Å². The van der Waals surface area contributed by atoms with Crippen LogP contribution in [0.4, 0.5) is 5.69 Å². The minimum atomic E-state index is -0.422. The van der Waals surface area contributed by atoms with E-state index in [9.17, 15) is 10.1 Å². The molecule has 0 spiro atoms. The molecule has 0 radical (unpaired) electrons. The highest BCUT2D eigenvalue weighted by Gasteiger charge is 2.09. The lowest BCUT2D eigenvalue weighted by molar-refractivity contribution is -0.384. The zero-order chi connectivity index (χ0) is 12.7. The highest BCUT2D eigenvalue weighted by molar-refractivity contribution is 7.80. The molecular formula is C12H17NO3S. The molecule has 1 rings (SSSR count). The maximum Gasteiger partial charge on any atom is 0.273 e. The fourth-order valence-corrected chi connectivity index (χ4v) is 1.82. The molecule has 0 fully saturated rings. The van der Waals surface area contributed by atoms with Gasteiger partial charge in [-0.2, -0.15) is 12.6 Å². The summed E-state index contributed by atoms with van der Waals surface area (Å²) in [7, 11) is 0. The van der Waals surface area contributed by atoms with E-state index in [4.69, 9.17) is 4.74 Å². The summed E-state index contributed by atoms with van der Waals surface area (Å²) in [5.41, 5.74) is 0.0559. The van der Waals surface area contributed by atoms with Gasteiger partial charge in [-0.1, -0.05) is 19.4 Å². The van der Waals surface area contributed by atoms with E-state index in [0.29, 0.717) is 18.3 Å². The zero-order valence-corrected chi connectivity index (χ0v) is 10.7. The average Bonchev–Trinajstić information content (AvgIpc) is 2.34. The number of nitrogens with zero attached hydrogens (tertiary/aromatic N) is 1. The molecule has 5 heteroatoms. The molecule has 0 aliphatic rings. The predicted molar refractivity (Wildman–Crippen MR) is 70.8 cm³/mol. The smallest absolute Gasteiger partial charge is 0.273 e. The number of ether oxygens (including phenoxy) is 1. The first-order chi connectivity index (χ1) is 8.17. The molecule has 0 N–H and O–H groups in total. The third-order valence-electron chi connectivity index (χ3n) is 2.47. The van der Waals surface area contributed by atoms with E-state index >= 15 is 0 Å². The molecule has 0 saturated carbocycles. The van der Waals surface area contributed by atoms with Crippen molar-refractivity contribution in [3.8, 4) is 5.75 Å². The van der Waals surface area contributed by atoms with E-state index in [1.165, 1.54) is 12.1 Å². The van der Waals surface area contributed by atoms with Gasteiger partial charge >= 0.3 is 0 Å². The van der Waals surface area contributed by atoms with Gasteiger partial charge in [-0.3, -0.25) is 10.1 Å². The van der Waals surface area contributed by atoms with E-state index in [1.54, 1.807) is 12.1 Å². The Bertz CT molecular complexity index is 371. The molecular weight excluding hydrogens is 238 g/mol. The third kappa shape index (κ3) is 4.65. The van der Waals surface area contributed by atoms with Crippen molar-refractivity contribution in [1.29, 1.82) is 0 Å². The first kappa shape index (κ1) is 13.8. The Kier molecular flexibility index (Phi) is 5.83. The number of nitro benzene ring substituents is 1. The van der Waals surface area contributed by atoms with Gasteiger partial charge in [-0.15, -0.1) is 0 Å². The zero-order valence-electron chi connectivity index (χ0n) is 9.83. The SMILES string of the molecule is CCCC(CS)COc1cccc([N+](=O)[O-])c1. The minimum absolute atomic E-state index is 0.0559. The van der Waals surface area contributed by atoms with Crippen molar-refractivity contribution in [3.63, 3.8) is 0 Å². The van der Waals surface area contributed by atoms with E-state index < -0.39 is 4.92 Å². The van der Waals surface area contributed by atoms with Crippen LogP contribution in [0.1, 0.15) is 19.8 Å². The number of non-ortho nitro benzene ring substituents is 1. The first-order valence-corrected chi connectivity index (χ1v) is 6.28. The summed E-state index contributed by atoms with van der Waals surface area (Å²) in [6, 6.07) is 6.26. The van der Waals surface area contributed by atoms with E-state index in [2.05, 4.69) is 19.6 Å². The van der Waals surface area contributed by atoms with E-state index in [1.807, 2.05) is 0 Å². The molecule has 0 aliphatic heterocycles. The van der Waals surface area contributed by atoms with Crippen LogP contribution in [0.2, 0.25) is 0 Å². The number of nitro groups is 1. The molecule has 1 atom stereocenters. The van der Waals surface area contributed by atoms with Crippen LogP contribution in [0.15, 0.2) is 24.3 Å². The monoisotopic (exact) mass is 255 g/mol. The van der Waals surface area contributed by atoms with Crippen molar-refractivity contribution in [2.45, 2.75) is 19.8 Å². The maximum atomic E-state index is 10.6. The number of hydrogen-bond donors (Lipinski definition) is 1. The molecule has 0 amide bonds. The van der Waals surface area contributed by atoms with Gasteiger partial charge in [0.2, 0.25) is 0 Å². The van der Waals surface area contributed by atoms with Crippen LogP contribution in [0.3, 0.4) is 0 Å². The maximum absolute atomic E-state index is 10.6. The Morgan fingerprint density at radius 2 is 2.29 bits per heavy atom. The van der Waals surface area contributed by atoms with Crippen molar-refractivity contribution < 1.29 is 9.66 Å². The number of benzene rings is 1. The van der Waals surface area contributed by atoms with Gasteiger partial charge in [-0.05, 0) is 18.2 Å². The van der Waals surface area contributed by atoms with E-state index in [-0.39, 0.29) is 5.69 Å². The van der Waals surface area contributed by atoms with Gasteiger partial charge in [-0.25, -0.2) is 0 Å². The van der Waals surface area contributed by atoms with Crippen LogP contribution in [0.25, 0.3) is 0 Å². The molecule has 1 unspecified atom stereocenters. The summed E-state index contributed by atoms with van der Waals surface area (Å²) in [6.45, 7) is 2.67. The Balaban J connectivity index is 2.56. The highest BCUT2D eigenvalue weighted by atomic mass is 32.1. The van der Waals surface area contributed by atoms with Crippen LogP contribution >= 0.6 is 12.6 Å². The second-order valence-electron chi connectivity index (χ2n) is 3.90. The lowest BCUT2D eigenvalue weighted by Crippen LogP contribution is -2.13. The van der Waals surface area contributed by atoms with Crippen LogP contribution in [-0.4, -0.2) is 17.3 Å². The lowest BCUT2D eigenvalue weighted by atomic mass is 10.1. The molecule has 17 heavy (non-hydrogen) atoms. The molecule has 0 bridgehead atoms. The second kappa shape index (κ2) is 7.17. The van der Waals surface area contributed by atoms with Gasteiger partial charge in [0.1, 0.15) is 5.75 Å². The van der Waals surface area contributed by atoms with Crippen molar-refractivity contribution >= 4 is 18.3 Å². The van der Waals surface area contributed by atoms with Crippen molar-refractivity contribution in [3.05, 3.63) is 34.4 Å². The summed E-state index contributed by atoms with van der Waals surface area (Å²) < 4.78 is 5.55. The molecule has 0 saturated heterocycles. The summed E-state index contributed by atoms with van der Waals surface area (Å²) in [6.07, 6.45) is 2.14. The number of rotatable bonds is 7. The summed E-state index contributed by atoms with van der Waals surface area (Å²) >= 11 is 4.26. The average molecular weight is 255 g/mol. The number of thiol groups is 1. The van der Waals surface area contributed by atoms with Crippen LogP contribution in [0.5, 0.6) is 5.75 Å². The first-order valence-electron chi connectivity index (χ1n) is 5.65. The van der Waals surface area contributed by atoms with Gasteiger partial charge in [0, 0.05) is 12.0 Å². The van der Waals surface area contributed by atoms with Crippen LogP contribution < -0.4 is 4.74 Å². The summed E-state index contributed by atoms with van der Waals surface area (Å²) in [4.78, 5) is 10.2. The summed E-state index contributed by atoms with van der Waals surface area (Å²) in [5, 5.41) is 10.6. The van der Waals surface area contributed by atoms with Gasteiger partial charge in [0.05, 0.1) is 17.6 Å².